The van der Waals surface area contributed by atoms with Crippen LogP contribution in [-0.2, 0) is 19.7 Å². The van der Waals surface area contributed by atoms with Crippen LogP contribution in [0.1, 0.15) is 25.7 Å². The van der Waals surface area contributed by atoms with Crippen LogP contribution in [0.15, 0.2) is 34.1 Å². The SMILES string of the molecule is O=S(=O)(/C(=C1/C=c2ccccc2=C[CH-]1)S(=O)(=O)C(F)(F)F)C1CCCC(F)C1. The molecule has 3 rings (SSSR count). The van der Waals surface area contributed by atoms with E-state index in [1.54, 1.807) is 18.2 Å². The maximum atomic E-state index is 13.7. The summed E-state index contributed by atoms with van der Waals surface area (Å²) in [5.74, 6) is 0. The van der Waals surface area contributed by atoms with Gasteiger partial charge in [0.15, 0.2) is 9.84 Å². The smallest absolute Gasteiger partial charge is 0.247 e. The van der Waals surface area contributed by atoms with Crippen molar-refractivity contribution in [1.29, 1.82) is 0 Å². The molecule has 4 nitrogen and oxygen atoms in total. The predicted octanol–water partition coefficient (Wildman–Crippen LogP) is 2.31. The van der Waals surface area contributed by atoms with Crippen molar-refractivity contribution < 1.29 is 34.4 Å². The first-order valence-electron chi connectivity index (χ1n) is 8.50. The van der Waals surface area contributed by atoms with Gasteiger partial charge in [0.05, 0.1) is 9.49 Å². The highest BCUT2D eigenvalue weighted by molar-refractivity contribution is 8.15. The summed E-state index contributed by atoms with van der Waals surface area (Å²) in [6.07, 6.45) is 1.63. The molecule has 10 heteroatoms. The number of rotatable bonds is 3. The van der Waals surface area contributed by atoms with E-state index >= 15 is 0 Å². The summed E-state index contributed by atoms with van der Waals surface area (Å²) < 4.78 is 102. The monoisotopic (exact) mass is 437 g/mol. The Balaban J connectivity index is 2.28. The standard InChI is InChI=1S/C18H17F4O4S2/c19-15-6-3-7-16(11-15)27(23,24)17(28(25,26)18(20,21)22)14-9-8-12-4-1-2-5-13(12)10-14/h1-2,4-5,8-10,15-16H,3,6-7,11H2/q-1/b17-14-. The van der Waals surface area contributed by atoms with E-state index < -0.39 is 52.8 Å². The second-order valence-corrected chi connectivity index (χ2v) is 11.0. The second kappa shape index (κ2) is 7.22. The average Bonchev–Trinajstić information content (AvgIpc) is 2.60. The van der Waals surface area contributed by atoms with Crippen LogP contribution >= 0.6 is 0 Å². The van der Waals surface area contributed by atoms with Gasteiger partial charge in [0.2, 0.25) is 0 Å². The Labute approximate surface area is 160 Å². The molecule has 1 aromatic carbocycles. The van der Waals surface area contributed by atoms with Gasteiger partial charge in [-0.2, -0.15) is 13.2 Å². The first kappa shape index (κ1) is 20.9. The summed E-state index contributed by atoms with van der Waals surface area (Å²) in [4.78, 5) is 0. The molecule has 0 radical (unpaired) electrons. The van der Waals surface area contributed by atoms with Crippen LogP contribution in [0.4, 0.5) is 17.6 Å². The zero-order chi connectivity index (χ0) is 20.7. The van der Waals surface area contributed by atoms with Crippen molar-refractivity contribution in [3.8, 4) is 0 Å². The van der Waals surface area contributed by atoms with Gasteiger partial charge in [-0.05, 0) is 25.7 Å². The van der Waals surface area contributed by atoms with Crippen LogP contribution in [-0.4, -0.2) is 33.8 Å². The van der Waals surface area contributed by atoms with Gasteiger partial charge in [-0.15, -0.1) is 29.4 Å². The van der Waals surface area contributed by atoms with E-state index in [4.69, 9.17) is 0 Å². The maximum Gasteiger partial charge on any atom is 0.494 e. The molecule has 0 N–H and O–H groups in total. The molecule has 0 aliphatic heterocycles. The highest BCUT2D eigenvalue weighted by Crippen LogP contribution is 2.40. The number of hydrogen-bond acceptors (Lipinski definition) is 4. The average molecular weight is 437 g/mol. The highest BCUT2D eigenvalue weighted by Gasteiger charge is 2.52. The van der Waals surface area contributed by atoms with Crippen molar-refractivity contribution in [3.63, 3.8) is 0 Å². The van der Waals surface area contributed by atoms with E-state index in [1.807, 2.05) is 0 Å². The normalized spacial score (nSPS) is 25.0. The molecule has 0 aromatic heterocycles. The van der Waals surface area contributed by atoms with Crippen molar-refractivity contribution in [2.45, 2.75) is 42.6 Å². The van der Waals surface area contributed by atoms with Crippen molar-refractivity contribution in [2.75, 3.05) is 0 Å². The lowest BCUT2D eigenvalue weighted by atomic mass is 9.98. The fourth-order valence-electron chi connectivity index (χ4n) is 3.41. The van der Waals surface area contributed by atoms with Gasteiger partial charge < -0.3 is 0 Å². The number of sulfone groups is 2. The molecular formula is C18H17F4O4S2-. The summed E-state index contributed by atoms with van der Waals surface area (Å²) in [5.41, 5.74) is -6.37. The van der Waals surface area contributed by atoms with Crippen molar-refractivity contribution >= 4 is 31.8 Å². The Bertz CT molecular complexity index is 1130. The predicted molar refractivity (Wildman–Crippen MR) is 97.0 cm³/mol. The third-order valence-corrected chi connectivity index (χ3v) is 9.54. The zero-order valence-corrected chi connectivity index (χ0v) is 16.1. The molecule has 1 fully saturated rings. The van der Waals surface area contributed by atoms with E-state index in [0.29, 0.717) is 10.4 Å². The summed E-state index contributed by atoms with van der Waals surface area (Å²) >= 11 is 0. The lowest BCUT2D eigenvalue weighted by molar-refractivity contribution is -0.0425. The number of alkyl halides is 4. The number of allylic oxidation sites excluding steroid dienone is 1. The quantitative estimate of drug-likeness (QED) is 0.538. The number of halogens is 4. The Morgan fingerprint density at radius 1 is 1.04 bits per heavy atom. The topological polar surface area (TPSA) is 68.3 Å². The molecule has 0 saturated heterocycles. The zero-order valence-electron chi connectivity index (χ0n) is 14.5. The first-order chi connectivity index (χ1) is 12.9. The van der Waals surface area contributed by atoms with E-state index in [-0.39, 0.29) is 19.3 Å². The summed E-state index contributed by atoms with van der Waals surface area (Å²) in [7, 11) is -11.1. The van der Waals surface area contributed by atoms with Crippen LogP contribution in [0.25, 0.3) is 12.2 Å². The Kier molecular flexibility index (Phi) is 5.39. The van der Waals surface area contributed by atoms with Crippen molar-refractivity contribution in [2.24, 2.45) is 0 Å². The van der Waals surface area contributed by atoms with Gasteiger partial charge in [0.25, 0.3) is 9.84 Å². The molecule has 0 spiro atoms. The molecule has 0 heterocycles. The third kappa shape index (κ3) is 3.71. The minimum Gasteiger partial charge on any atom is -0.247 e. The minimum atomic E-state index is -6.18. The molecule has 2 unspecified atom stereocenters. The van der Waals surface area contributed by atoms with Gasteiger partial charge in [0, 0.05) is 0 Å². The van der Waals surface area contributed by atoms with Gasteiger partial charge in [-0.1, -0.05) is 29.5 Å². The van der Waals surface area contributed by atoms with Crippen LogP contribution in [0, 0.1) is 6.42 Å². The molecular weight excluding hydrogens is 420 g/mol. The lowest BCUT2D eigenvalue weighted by Crippen LogP contribution is -2.37. The molecule has 28 heavy (non-hydrogen) atoms. The van der Waals surface area contributed by atoms with E-state index in [0.717, 1.165) is 12.5 Å². The van der Waals surface area contributed by atoms with E-state index in [1.165, 1.54) is 12.1 Å². The van der Waals surface area contributed by atoms with Crippen molar-refractivity contribution in [1.82, 2.24) is 0 Å². The Morgan fingerprint density at radius 3 is 2.29 bits per heavy atom. The van der Waals surface area contributed by atoms with Gasteiger partial charge in [-0.25, -0.2) is 21.2 Å². The van der Waals surface area contributed by atoms with Crippen LogP contribution in [0.5, 0.6) is 0 Å². The molecule has 1 saturated carbocycles. The molecule has 2 aliphatic rings. The second-order valence-electron chi connectivity index (χ2n) is 6.73. The van der Waals surface area contributed by atoms with Gasteiger partial charge in [0.1, 0.15) is 6.17 Å². The van der Waals surface area contributed by atoms with Gasteiger partial charge >= 0.3 is 5.51 Å². The summed E-state index contributed by atoms with van der Waals surface area (Å²) in [6.45, 7) is 0. The molecule has 2 atom stereocenters. The molecule has 1 aromatic rings. The molecule has 0 bridgehead atoms. The number of fused-ring (bicyclic) bond motifs is 1. The Hall–Kier alpha value is -1.81. The van der Waals surface area contributed by atoms with Crippen molar-refractivity contribution in [3.05, 3.63) is 50.9 Å². The van der Waals surface area contributed by atoms with Crippen LogP contribution in [0.2, 0.25) is 0 Å². The molecule has 2 aliphatic carbocycles. The third-order valence-electron chi connectivity index (χ3n) is 4.79. The largest absolute Gasteiger partial charge is 0.494 e. The highest BCUT2D eigenvalue weighted by atomic mass is 32.3. The Morgan fingerprint density at radius 2 is 1.68 bits per heavy atom. The number of benzene rings is 1. The van der Waals surface area contributed by atoms with E-state index in [2.05, 4.69) is 0 Å². The summed E-state index contributed by atoms with van der Waals surface area (Å²) in [5, 5.41) is -0.527. The molecule has 154 valence electrons. The minimum absolute atomic E-state index is 0.0901. The fraction of sp³-hybridized carbons (Fsp3) is 0.389. The molecule has 0 amide bonds. The van der Waals surface area contributed by atoms with Crippen LogP contribution in [0.3, 0.4) is 0 Å². The first-order valence-corrected chi connectivity index (χ1v) is 11.5. The van der Waals surface area contributed by atoms with E-state index in [9.17, 15) is 34.4 Å². The van der Waals surface area contributed by atoms with Crippen LogP contribution < -0.4 is 10.4 Å². The lowest BCUT2D eigenvalue weighted by Gasteiger charge is -2.29. The summed E-state index contributed by atoms with van der Waals surface area (Å²) in [6, 6.07) is 6.45. The fourth-order valence-corrected chi connectivity index (χ4v) is 7.67. The van der Waals surface area contributed by atoms with Gasteiger partial charge in [-0.3, -0.25) is 0 Å². The maximum absolute atomic E-state index is 13.7. The number of hydrogen-bond donors (Lipinski definition) is 0.